The van der Waals surface area contributed by atoms with Crippen LogP contribution in [0.3, 0.4) is 0 Å². The molecule has 1 aliphatic heterocycles. The molecular weight excluding hydrogens is 344 g/mol. The fourth-order valence-electron chi connectivity index (χ4n) is 2.75. The van der Waals surface area contributed by atoms with Gasteiger partial charge in [0.1, 0.15) is 5.82 Å². The molecule has 7 nitrogen and oxygen atoms in total. The molecule has 0 saturated heterocycles. The van der Waals surface area contributed by atoms with E-state index >= 15 is 0 Å². The molecule has 0 bridgehead atoms. The number of benzene rings is 2. The summed E-state index contributed by atoms with van der Waals surface area (Å²) in [7, 11) is 0. The van der Waals surface area contributed by atoms with Gasteiger partial charge in [-0.3, -0.25) is 4.79 Å². The van der Waals surface area contributed by atoms with Crippen LogP contribution in [0.2, 0.25) is 0 Å². The zero-order valence-electron chi connectivity index (χ0n) is 14.7. The van der Waals surface area contributed by atoms with Crippen molar-refractivity contribution in [2.75, 3.05) is 17.4 Å². The lowest BCUT2D eigenvalue weighted by atomic mass is 10.1. The Morgan fingerprint density at radius 1 is 1.00 bits per heavy atom. The summed E-state index contributed by atoms with van der Waals surface area (Å²) in [5.74, 6) is 1.53. The highest BCUT2D eigenvalue weighted by atomic mass is 16.7. The van der Waals surface area contributed by atoms with Crippen molar-refractivity contribution in [1.82, 2.24) is 10.2 Å². The first-order chi connectivity index (χ1) is 13.2. The summed E-state index contributed by atoms with van der Waals surface area (Å²) in [5, 5.41) is 14.2. The molecule has 3 aromatic rings. The van der Waals surface area contributed by atoms with E-state index in [0.717, 1.165) is 5.56 Å². The van der Waals surface area contributed by atoms with E-state index in [1.165, 1.54) is 0 Å². The highest BCUT2D eigenvalue weighted by molar-refractivity contribution is 6.03. The van der Waals surface area contributed by atoms with Crippen LogP contribution < -0.4 is 20.1 Å². The number of rotatable bonds is 5. The molecular formula is C20H18N4O3. The van der Waals surface area contributed by atoms with Gasteiger partial charge in [0.05, 0.1) is 0 Å². The number of amides is 1. The second kappa shape index (κ2) is 7.33. The average Bonchev–Trinajstić information content (AvgIpc) is 3.17. The number of fused-ring (bicyclic) bond motifs is 1. The number of hydrogen-bond donors (Lipinski definition) is 2. The summed E-state index contributed by atoms with van der Waals surface area (Å²) in [6.07, 6.45) is 0. The summed E-state index contributed by atoms with van der Waals surface area (Å²) in [4.78, 5) is 12.4. The van der Waals surface area contributed by atoms with E-state index in [0.29, 0.717) is 23.0 Å². The molecule has 1 aromatic heterocycles. The van der Waals surface area contributed by atoms with Crippen molar-refractivity contribution >= 4 is 17.4 Å². The summed E-state index contributed by atoms with van der Waals surface area (Å²) < 4.78 is 10.6. The van der Waals surface area contributed by atoms with Crippen LogP contribution >= 0.6 is 0 Å². The fourth-order valence-corrected chi connectivity index (χ4v) is 2.75. The molecule has 0 radical (unpaired) electrons. The van der Waals surface area contributed by atoms with Gasteiger partial charge in [0.15, 0.2) is 17.2 Å². The number of hydrogen-bond acceptors (Lipinski definition) is 6. The molecule has 136 valence electrons. The van der Waals surface area contributed by atoms with Crippen molar-refractivity contribution in [1.29, 1.82) is 0 Å². The summed E-state index contributed by atoms with van der Waals surface area (Å²) in [5.41, 5.74) is 1.97. The van der Waals surface area contributed by atoms with Crippen LogP contribution in [0.1, 0.15) is 29.0 Å². The molecule has 0 fully saturated rings. The van der Waals surface area contributed by atoms with Gasteiger partial charge in [-0.2, -0.15) is 0 Å². The maximum absolute atomic E-state index is 12.4. The Morgan fingerprint density at radius 3 is 2.59 bits per heavy atom. The van der Waals surface area contributed by atoms with E-state index in [4.69, 9.17) is 9.47 Å². The summed E-state index contributed by atoms with van der Waals surface area (Å²) in [6.45, 7) is 2.23. The Hall–Kier alpha value is -3.61. The van der Waals surface area contributed by atoms with Gasteiger partial charge in [0.25, 0.3) is 5.91 Å². The second-order valence-corrected chi connectivity index (χ2v) is 6.10. The van der Waals surface area contributed by atoms with E-state index in [9.17, 15) is 4.79 Å². The standard InChI is InChI=1S/C20H18N4O3/c1-13(14-5-3-2-4-6-14)21-19-10-8-16(23-24-19)20(25)22-15-7-9-17-18(11-15)27-12-26-17/h2-11,13H,12H2,1H3,(H,21,24)(H,22,25). The lowest BCUT2D eigenvalue weighted by Gasteiger charge is -2.14. The molecule has 1 atom stereocenters. The molecule has 0 saturated carbocycles. The van der Waals surface area contributed by atoms with Crippen LogP contribution in [0.4, 0.5) is 11.5 Å². The van der Waals surface area contributed by atoms with Crippen molar-refractivity contribution in [2.24, 2.45) is 0 Å². The van der Waals surface area contributed by atoms with Crippen LogP contribution in [0.15, 0.2) is 60.7 Å². The third-order valence-electron chi connectivity index (χ3n) is 4.19. The van der Waals surface area contributed by atoms with Crippen LogP contribution in [0.5, 0.6) is 11.5 Å². The van der Waals surface area contributed by atoms with Gasteiger partial charge in [-0.25, -0.2) is 0 Å². The molecule has 0 aliphatic carbocycles. The number of aromatic nitrogens is 2. The van der Waals surface area contributed by atoms with Gasteiger partial charge < -0.3 is 20.1 Å². The number of ether oxygens (including phenoxy) is 2. The molecule has 0 spiro atoms. The third-order valence-corrected chi connectivity index (χ3v) is 4.19. The number of carbonyl (C=O) groups excluding carboxylic acids is 1. The highest BCUT2D eigenvalue weighted by Gasteiger charge is 2.15. The molecule has 4 rings (SSSR count). The first-order valence-corrected chi connectivity index (χ1v) is 8.55. The maximum atomic E-state index is 12.4. The van der Waals surface area contributed by atoms with Gasteiger partial charge in [0, 0.05) is 17.8 Å². The minimum Gasteiger partial charge on any atom is -0.454 e. The van der Waals surface area contributed by atoms with Crippen molar-refractivity contribution in [3.05, 3.63) is 71.9 Å². The smallest absolute Gasteiger partial charge is 0.276 e. The average molecular weight is 362 g/mol. The topological polar surface area (TPSA) is 85.4 Å². The first kappa shape index (κ1) is 16.8. The lowest BCUT2D eigenvalue weighted by molar-refractivity contribution is 0.102. The van der Waals surface area contributed by atoms with Crippen LogP contribution in [-0.2, 0) is 0 Å². The molecule has 27 heavy (non-hydrogen) atoms. The van der Waals surface area contributed by atoms with Gasteiger partial charge in [-0.15, -0.1) is 10.2 Å². The fraction of sp³-hybridized carbons (Fsp3) is 0.150. The third kappa shape index (κ3) is 3.82. The Bertz CT molecular complexity index is 945. The highest BCUT2D eigenvalue weighted by Crippen LogP contribution is 2.34. The number of anilines is 2. The van der Waals surface area contributed by atoms with E-state index in [1.54, 1.807) is 30.3 Å². The Kier molecular flexibility index (Phi) is 4.57. The second-order valence-electron chi connectivity index (χ2n) is 6.10. The predicted molar refractivity (Wildman–Crippen MR) is 101 cm³/mol. The van der Waals surface area contributed by atoms with Crippen molar-refractivity contribution in [3.8, 4) is 11.5 Å². The maximum Gasteiger partial charge on any atom is 0.276 e. The molecule has 2 heterocycles. The minimum absolute atomic E-state index is 0.0776. The van der Waals surface area contributed by atoms with Crippen molar-refractivity contribution in [2.45, 2.75) is 13.0 Å². The summed E-state index contributed by atoms with van der Waals surface area (Å²) in [6, 6.07) is 18.7. The first-order valence-electron chi connectivity index (χ1n) is 8.55. The monoisotopic (exact) mass is 362 g/mol. The Balaban J connectivity index is 1.40. The van der Waals surface area contributed by atoms with Crippen molar-refractivity contribution < 1.29 is 14.3 Å². The largest absolute Gasteiger partial charge is 0.454 e. The molecule has 7 heteroatoms. The molecule has 1 aliphatic rings. The minimum atomic E-state index is -0.343. The van der Waals surface area contributed by atoms with Gasteiger partial charge in [-0.1, -0.05) is 30.3 Å². The Labute approximate surface area is 156 Å². The van der Waals surface area contributed by atoms with Crippen molar-refractivity contribution in [3.63, 3.8) is 0 Å². The zero-order valence-corrected chi connectivity index (χ0v) is 14.7. The van der Waals surface area contributed by atoms with Gasteiger partial charge in [0.2, 0.25) is 6.79 Å². The van der Waals surface area contributed by atoms with E-state index < -0.39 is 0 Å². The number of nitrogens with one attached hydrogen (secondary N) is 2. The normalized spacial score (nSPS) is 13.1. The van der Waals surface area contributed by atoms with Crippen LogP contribution in [0.25, 0.3) is 0 Å². The van der Waals surface area contributed by atoms with Gasteiger partial charge in [-0.05, 0) is 36.8 Å². The van der Waals surface area contributed by atoms with Gasteiger partial charge >= 0.3 is 0 Å². The number of nitrogens with zero attached hydrogens (tertiary/aromatic N) is 2. The predicted octanol–water partition coefficient (Wildman–Crippen LogP) is 3.63. The molecule has 1 unspecified atom stereocenters. The van der Waals surface area contributed by atoms with E-state index in [2.05, 4.69) is 20.8 Å². The Morgan fingerprint density at radius 2 is 1.81 bits per heavy atom. The van der Waals surface area contributed by atoms with Crippen LogP contribution in [0, 0.1) is 0 Å². The SMILES string of the molecule is CC(Nc1ccc(C(=O)Nc2ccc3c(c2)OCO3)nn1)c1ccccc1. The molecule has 1 amide bonds. The number of carbonyl (C=O) groups is 1. The van der Waals surface area contributed by atoms with E-state index in [-0.39, 0.29) is 24.4 Å². The zero-order chi connectivity index (χ0) is 18.6. The lowest BCUT2D eigenvalue weighted by Crippen LogP contribution is -2.15. The van der Waals surface area contributed by atoms with E-state index in [1.807, 2.05) is 37.3 Å². The summed E-state index contributed by atoms with van der Waals surface area (Å²) >= 11 is 0. The molecule has 2 aromatic carbocycles. The molecule has 2 N–H and O–H groups in total. The quantitative estimate of drug-likeness (QED) is 0.721. The van der Waals surface area contributed by atoms with Crippen LogP contribution in [-0.4, -0.2) is 22.9 Å².